The smallest absolute Gasteiger partial charge is 0.329 e. The zero-order valence-electron chi connectivity index (χ0n) is 37.4. The lowest BCUT2D eigenvalue weighted by Gasteiger charge is -2.47. The Morgan fingerprint density at radius 1 is 0.838 bits per heavy atom. The minimum absolute atomic E-state index is 0.0238. The Hall–Kier alpha value is -5.14. The number of anilines is 1. The Morgan fingerprint density at radius 3 is 2.29 bits per heavy atom. The number of imidazole rings is 1. The maximum atomic E-state index is 16.3. The number of hydrogen-bond acceptors (Lipinski definition) is 9. The second-order valence-electron chi connectivity index (χ2n) is 19.5. The molecule has 0 radical (unpaired) electrons. The average molecular weight is 992 g/mol. The standard InChI is InChI=1S/C48H53Cl2FN8O8S/c1-57-37-24-28(10-15-35(37)59(46(57)65)36-16-17-38(60)54-43(36)62)26-18-22-58(23-19-26)68(66,67)56-42(61)27-8-12-30(13-9-27)52-44(63)41-39(31-6-5-7-33(50)40(31)51)48(47(55-41)20-3-2-4-21-47)32-14-11-29(49)25-34(32)53-45(48)64/h5-7,10-11,14-15,24-27,30,36,39,41,55H,2-4,8-9,12-13,16-23H2,1H3,(H,52,63)(H,53,64)(H,56,61)(H,54,60,62)/t27?,30?,36?,39-,41+,48+/m0/s1. The first-order valence-corrected chi connectivity index (χ1v) is 25.7. The van der Waals surface area contributed by atoms with Crippen LogP contribution < -0.4 is 31.7 Å². The molecule has 3 aromatic carbocycles. The van der Waals surface area contributed by atoms with E-state index in [0.717, 1.165) is 24.8 Å². The molecule has 2 saturated carbocycles. The van der Waals surface area contributed by atoms with E-state index in [4.69, 9.17) is 23.2 Å². The third-order valence-electron chi connectivity index (χ3n) is 15.9. The lowest BCUT2D eigenvalue weighted by atomic mass is 9.55. The number of aryl methyl sites for hydroxylation is 1. The van der Waals surface area contributed by atoms with Gasteiger partial charge >= 0.3 is 15.9 Å². The van der Waals surface area contributed by atoms with Crippen LogP contribution in [0, 0.1) is 11.7 Å². The molecule has 5 amide bonds. The van der Waals surface area contributed by atoms with Gasteiger partial charge in [0.1, 0.15) is 17.3 Å². The van der Waals surface area contributed by atoms with Crippen molar-refractivity contribution in [3.63, 3.8) is 0 Å². The van der Waals surface area contributed by atoms with Gasteiger partial charge in [-0.15, -0.1) is 0 Å². The summed E-state index contributed by atoms with van der Waals surface area (Å²) in [6.07, 6.45) is 6.45. The summed E-state index contributed by atoms with van der Waals surface area (Å²) >= 11 is 12.8. The summed E-state index contributed by atoms with van der Waals surface area (Å²) in [6, 6.07) is 13.2. The number of rotatable bonds is 8. The Kier molecular flexibility index (Phi) is 12.1. The van der Waals surface area contributed by atoms with Gasteiger partial charge in [0.05, 0.1) is 22.1 Å². The van der Waals surface area contributed by atoms with Crippen molar-refractivity contribution in [2.24, 2.45) is 13.0 Å². The first kappa shape index (κ1) is 46.6. The van der Waals surface area contributed by atoms with Gasteiger partial charge in [0.2, 0.25) is 29.5 Å². The predicted octanol–water partition coefficient (Wildman–Crippen LogP) is 5.33. The fourth-order valence-corrected chi connectivity index (χ4v) is 14.2. The zero-order chi connectivity index (χ0) is 47.9. The summed E-state index contributed by atoms with van der Waals surface area (Å²) in [5.41, 5.74) is 0.805. The summed E-state index contributed by atoms with van der Waals surface area (Å²) in [5, 5.41) is 12.5. The molecule has 0 bridgehead atoms. The highest BCUT2D eigenvalue weighted by molar-refractivity contribution is 7.87. The molecule has 16 nitrogen and oxygen atoms in total. The van der Waals surface area contributed by atoms with Crippen molar-refractivity contribution in [1.29, 1.82) is 0 Å². The molecule has 2 aliphatic carbocycles. The van der Waals surface area contributed by atoms with Crippen LogP contribution in [0.5, 0.6) is 0 Å². The number of carbonyl (C=O) groups excluding carboxylic acids is 5. The van der Waals surface area contributed by atoms with Crippen LogP contribution in [0.3, 0.4) is 0 Å². The predicted molar refractivity (Wildman–Crippen MR) is 252 cm³/mol. The van der Waals surface area contributed by atoms with Gasteiger partial charge in [-0.1, -0.05) is 66.7 Å². The number of halogens is 3. The Labute approximate surface area is 402 Å². The van der Waals surface area contributed by atoms with Crippen LogP contribution in [0.1, 0.15) is 118 Å². The second kappa shape index (κ2) is 17.7. The summed E-state index contributed by atoms with van der Waals surface area (Å²) < 4.78 is 50.0. The van der Waals surface area contributed by atoms with Gasteiger partial charge in [-0.25, -0.2) is 13.9 Å². The number of nitrogens with zero attached hydrogens (tertiary/aromatic N) is 3. The van der Waals surface area contributed by atoms with E-state index >= 15 is 4.39 Å². The van der Waals surface area contributed by atoms with Crippen molar-refractivity contribution in [3.05, 3.63) is 97.6 Å². The number of hydrogen-bond donors (Lipinski definition) is 5. The molecular weight excluding hydrogens is 939 g/mol. The molecule has 4 aromatic rings. The number of benzene rings is 3. The summed E-state index contributed by atoms with van der Waals surface area (Å²) in [5.74, 6) is -4.54. The molecule has 5 heterocycles. The van der Waals surface area contributed by atoms with Crippen molar-refractivity contribution >= 4 is 79.7 Å². The number of piperidine rings is 2. The van der Waals surface area contributed by atoms with Crippen molar-refractivity contribution < 1.29 is 36.8 Å². The quantitative estimate of drug-likeness (QED) is 0.144. The van der Waals surface area contributed by atoms with Crippen LogP contribution in [0.2, 0.25) is 10.0 Å². The first-order chi connectivity index (χ1) is 32.5. The van der Waals surface area contributed by atoms with E-state index in [0.29, 0.717) is 78.7 Å². The first-order valence-electron chi connectivity index (χ1n) is 23.5. The number of fused-ring (bicyclic) bond motifs is 4. The molecule has 4 aliphatic heterocycles. The molecule has 1 aromatic heterocycles. The molecule has 2 spiro atoms. The highest BCUT2D eigenvalue weighted by Gasteiger charge is 2.72. The van der Waals surface area contributed by atoms with Crippen molar-refractivity contribution in [1.82, 2.24) is 34.1 Å². The van der Waals surface area contributed by atoms with E-state index in [-0.39, 0.29) is 66.0 Å². The van der Waals surface area contributed by atoms with E-state index in [1.807, 2.05) is 12.1 Å². The van der Waals surface area contributed by atoms with Gasteiger partial charge in [0, 0.05) is 60.7 Å². The molecule has 20 heteroatoms. The summed E-state index contributed by atoms with van der Waals surface area (Å²) in [4.78, 5) is 80.6. The van der Waals surface area contributed by atoms with Gasteiger partial charge in [0.15, 0.2) is 0 Å². The molecule has 3 saturated heterocycles. The maximum absolute atomic E-state index is 16.3. The number of nitrogens with one attached hydrogen (secondary N) is 5. The van der Waals surface area contributed by atoms with Crippen LogP contribution >= 0.6 is 23.2 Å². The molecule has 5 fully saturated rings. The van der Waals surface area contributed by atoms with Crippen LogP contribution in [-0.4, -0.2) is 82.1 Å². The van der Waals surface area contributed by atoms with E-state index in [2.05, 4.69) is 26.0 Å². The van der Waals surface area contributed by atoms with E-state index in [1.165, 1.54) is 19.5 Å². The van der Waals surface area contributed by atoms with Crippen molar-refractivity contribution in [2.75, 3.05) is 18.4 Å². The van der Waals surface area contributed by atoms with Crippen LogP contribution in [0.25, 0.3) is 11.0 Å². The van der Waals surface area contributed by atoms with Gasteiger partial charge in [-0.05, 0) is 111 Å². The van der Waals surface area contributed by atoms with Crippen LogP contribution in [0.4, 0.5) is 10.1 Å². The van der Waals surface area contributed by atoms with Crippen LogP contribution in [-0.2, 0) is 46.6 Å². The third kappa shape index (κ3) is 7.65. The molecule has 1 unspecified atom stereocenters. The number of carbonyl (C=O) groups is 5. The highest BCUT2D eigenvalue weighted by Crippen LogP contribution is 2.63. The minimum Gasteiger partial charge on any atom is -0.352 e. The Bertz CT molecular complexity index is 2940. The van der Waals surface area contributed by atoms with E-state index in [1.54, 1.807) is 43.4 Å². The molecule has 6 aliphatic rings. The third-order valence-corrected chi connectivity index (χ3v) is 17.9. The average Bonchev–Trinajstić information content (AvgIpc) is 3.87. The molecule has 68 heavy (non-hydrogen) atoms. The van der Waals surface area contributed by atoms with Gasteiger partial charge in [-0.3, -0.25) is 43.7 Å². The van der Waals surface area contributed by atoms with Crippen LogP contribution in [0.15, 0.2) is 59.4 Å². The zero-order valence-corrected chi connectivity index (χ0v) is 39.7. The van der Waals surface area contributed by atoms with Gasteiger partial charge < -0.3 is 10.6 Å². The minimum atomic E-state index is -4.17. The van der Waals surface area contributed by atoms with E-state index in [9.17, 15) is 37.2 Å². The summed E-state index contributed by atoms with van der Waals surface area (Å²) in [6.45, 7) is 0.332. The molecule has 360 valence electrons. The summed E-state index contributed by atoms with van der Waals surface area (Å²) in [7, 11) is -2.55. The fraction of sp³-hybridized carbons (Fsp3) is 0.500. The lowest BCUT2D eigenvalue weighted by molar-refractivity contribution is -0.136. The Balaban J connectivity index is 0.790. The van der Waals surface area contributed by atoms with Gasteiger partial charge in [0.25, 0.3) is 0 Å². The maximum Gasteiger partial charge on any atom is 0.329 e. The number of aromatic nitrogens is 2. The molecular formula is C48H53Cl2FN8O8S. The fourth-order valence-electron chi connectivity index (χ4n) is 12.6. The second-order valence-corrected chi connectivity index (χ2v) is 22.0. The Morgan fingerprint density at radius 2 is 1.57 bits per heavy atom. The normalized spacial score (nSPS) is 27.6. The highest BCUT2D eigenvalue weighted by atomic mass is 35.5. The van der Waals surface area contributed by atoms with Gasteiger partial charge in [-0.2, -0.15) is 12.7 Å². The molecule has 4 atom stereocenters. The largest absolute Gasteiger partial charge is 0.352 e. The topological polar surface area (TPSA) is 210 Å². The molecule has 5 N–H and O–H groups in total. The monoisotopic (exact) mass is 990 g/mol. The van der Waals surface area contributed by atoms with Crippen molar-refractivity contribution in [3.8, 4) is 0 Å². The number of amides is 5. The number of imide groups is 1. The SMILES string of the molecule is Cn1c(=O)n(C2CCC(=O)NC2=O)c2ccc(C3CCN(S(=O)(=O)NC(=O)C4CCC(NC(=O)[C@@H]5NC6(CCCCC6)[C@@]6(C(=O)Nc7cc(Cl)ccc76)[C@H]5c5cccc(Cl)c5F)CC4)CC3)cc21. The van der Waals surface area contributed by atoms with Crippen molar-refractivity contribution in [2.45, 2.75) is 124 Å². The molecule has 10 rings (SSSR count). The lowest BCUT2D eigenvalue weighted by Crippen LogP contribution is -2.60. The van der Waals surface area contributed by atoms with E-state index < -0.39 is 68.6 Å².